The van der Waals surface area contributed by atoms with Gasteiger partial charge in [-0.1, -0.05) is 23.2 Å². The fourth-order valence-corrected chi connectivity index (χ4v) is 3.07. The first kappa shape index (κ1) is 22.4. The van der Waals surface area contributed by atoms with Gasteiger partial charge in [0.05, 0.1) is 21.1 Å². The molecular weight excluding hydrogens is 478 g/mol. The summed E-state index contributed by atoms with van der Waals surface area (Å²) in [6.45, 7) is 0. The quantitative estimate of drug-likeness (QED) is 0.360. The number of hydrogen-bond donors (Lipinski definition) is 2. The van der Waals surface area contributed by atoms with Crippen LogP contribution in [0.5, 0.6) is 11.5 Å². The van der Waals surface area contributed by atoms with Crippen LogP contribution in [0.1, 0.15) is 5.69 Å². The van der Waals surface area contributed by atoms with Gasteiger partial charge in [0.25, 0.3) is 5.56 Å². The normalized spacial score (nSPS) is 12.3. The van der Waals surface area contributed by atoms with E-state index in [2.05, 4.69) is 20.2 Å². The van der Waals surface area contributed by atoms with Crippen molar-refractivity contribution < 1.29 is 26.7 Å². The lowest BCUT2D eigenvalue weighted by atomic mass is 10.2. The number of aromatic amines is 2. The average Bonchev–Trinajstić information content (AvgIpc) is 3.13. The number of thioether (sulfide) groups is 1. The third kappa shape index (κ3) is 4.12. The maximum Gasteiger partial charge on any atom is 0.459 e. The molecule has 0 amide bonds. The van der Waals surface area contributed by atoms with Crippen molar-refractivity contribution in [1.82, 2.24) is 20.2 Å². The van der Waals surface area contributed by atoms with E-state index in [0.29, 0.717) is 4.90 Å². The molecule has 2 N–H and O–H groups in total. The smallest absolute Gasteiger partial charge is 0.449 e. The topological polar surface area (TPSA) is 83.7 Å². The minimum atomic E-state index is -6.04. The Balaban J connectivity index is 2.23. The van der Waals surface area contributed by atoms with E-state index in [9.17, 15) is 26.7 Å². The van der Waals surface area contributed by atoms with Gasteiger partial charge in [0.2, 0.25) is 5.75 Å². The SMILES string of the molecule is CSc1cn[nH]c1-c1nc(C(F)(F)C(F)(F)F)c(Oc2ccc(Cl)c(Cl)c2)c(=O)[nH]1. The summed E-state index contributed by atoms with van der Waals surface area (Å²) in [6, 6.07) is 3.40. The second-order valence-electron chi connectivity index (χ2n) is 5.66. The molecule has 0 atom stereocenters. The molecule has 0 aliphatic carbocycles. The van der Waals surface area contributed by atoms with Crippen LogP contribution >= 0.6 is 35.0 Å². The van der Waals surface area contributed by atoms with Gasteiger partial charge in [-0.2, -0.15) is 27.1 Å². The standard InChI is InChI=1S/C16H9Cl2F5N4O2S/c1-30-9-5-24-27-10(9)13-25-12(15(19,20)16(21,22)23)11(14(28)26-13)29-6-2-3-7(17)8(18)4-6/h2-5H,1H3,(H,24,27)(H,25,26,28). The number of benzene rings is 1. The third-order valence-corrected chi connectivity index (χ3v) is 5.19. The minimum absolute atomic E-state index is 0.0417. The van der Waals surface area contributed by atoms with Crippen LogP contribution in [0.25, 0.3) is 11.5 Å². The Hall–Kier alpha value is -2.31. The van der Waals surface area contributed by atoms with E-state index in [0.717, 1.165) is 23.9 Å². The molecule has 160 valence electrons. The van der Waals surface area contributed by atoms with E-state index >= 15 is 0 Å². The molecule has 0 fully saturated rings. The zero-order valence-electron chi connectivity index (χ0n) is 14.6. The molecule has 6 nitrogen and oxygen atoms in total. The predicted molar refractivity (Wildman–Crippen MR) is 101 cm³/mol. The Labute approximate surface area is 178 Å². The summed E-state index contributed by atoms with van der Waals surface area (Å²) in [6.07, 6.45) is -3.14. The largest absolute Gasteiger partial charge is 0.459 e. The fraction of sp³-hybridized carbons (Fsp3) is 0.188. The van der Waals surface area contributed by atoms with Crippen molar-refractivity contribution in [2.24, 2.45) is 0 Å². The molecule has 0 bridgehead atoms. The van der Waals surface area contributed by atoms with Crippen molar-refractivity contribution in [2.45, 2.75) is 17.0 Å². The Morgan fingerprint density at radius 2 is 1.83 bits per heavy atom. The first-order valence-electron chi connectivity index (χ1n) is 7.75. The van der Waals surface area contributed by atoms with E-state index < -0.39 is 34.9 Å². The fourth-order valence-electron chi connectivity index (χ4n) is 2.28. The first-order valence-corrected chi connectivity index (χ1v) is 9.73. The molecule has 0 aliphatic heterocycles. The number of H-pyrrole nitrogens is 2. The molecule has 0 saturated heterocycles. The average molecular weight is 487 g/mol. The van der Waals surface area contributed by atoms with Crippen LogP contribution in [0, 0.1) is 0 Å². The lowest BCUT2D eigenvalue weighted by molar-refractivity contribution is -0.291. The van der Waals surface area contributed by atoms with E-state index in [1.165, 1.54) is 12.3 Å². The zero-order chi connectivity index (χ0) is 22.3. The van der Waals surface area contributed by atoms with Gasteiger partial charge in [-0.05, 0) is 18.4 Å². The maximum absolute atomic E-state index is 14.3. The molecular formula is C16H9Cl2F5N4O2S. The molecule has 0 radical (unpaired) electrons. The van der Waals surface area contributed by atoms with E-state index in [1.54, 1.807) is 6.26 Å². The Morgan fingerprint density at radius 3 is 2.43 bits per heavy atom. The van der Waals surface area contributed by atoms with Crippen LogP contribution in [0.4, 0.5) is 22.0 Å². The Morgan fingerprint density at radius 1 is 1.13 bits per heavy atom. The highest BCUT2D eigenvalue weighted by Gasteiger charge is 2.62. The van der Waals surface area contributed by atoms with Crippen LogP contribution in [0.15, 0.2) is 34.1 Å². The van der Waals surface area contributed by atoms with Crippen molar-refractivity contribution in [3.05, 3.63) is 50.5 Å². The number of ether oxygens (including phenoxy) is 1. The molecule has 30 heavy (non-hydrogen) atoms. The highest BCUT2D eigenvalue weighted by atomic mass is 35.5. The number of hydrogen-bond acceptors (Lipinski definition) is 5. The number of alkyl halides is 5. The molecule has 0 unspecified atom stereocenters. The van der Waals surface area contributed by atoms with Gasteiger partial charge in [-0.3, -0.25) is 9.89 Å². The van der Waals surface area contributed by atoms with Crippen molar-refractivity contribution in [3.63, 3.8) is 0 Å². The molecule has 3 aromatic rings. The van der Waals surface area contributed by atoms with Gasteiger partial charge in [-0.15, -0.1) is 11.8 Å². The second-order valence-corrected chi connectivity index (χ2v) is 7.32. The highest BCUT2D eigenvalue weighted by molar-refractivity contribution is 7.98. The lowest BCUT2D eigenvalue weighted by Crippen LogP contribution is -2.36. The zero-order valence-corrected chi connectivity index (χ0v) is 16.9. The van der Waals surface area contributed by atoms with E-state index in [1.807, 2.05) is 0 Å². The van der Waals surface area contributed by atoms with Crippen LogP contribution in [-0.4, -0.2) is 32.6 Å². The Bertz CT molecular complexity index is 1150. The monoisotopic (exact) mass is 486 g/mol. The predicted octanol–water partition coefficient (Wildman–Crippen LogP) is 5.64. The van der Waals surface area contributed by atoms with Crippen molar-refractivity contribution in [1.29, 1.82) is 0 Å². The third-order valence-electron chi connectivity index (χ3n) is 3.70. The van der Waals surface area contributed by atoms with Crippen molar-refractivity contribution >= 4 is 35.0 Å². The molecule has 14 heteroatoms. The highest BCUT2D eigenvalue weighted by Crippen LogP contribution is 2.46. The van der Waals surface area contributed by atoms with Gasteiger partial charge >= 0.3 is 12.1 Å². The van der Waals surface area contributed by atoms with Gasteiger partial charge in [-0.25, -0.2) is 4.98 Å². The molecule has 1 aromatic carbocycles. The molecule has 0 saturated carbocycles. The molecule has 3 rings (SSSR count). The van der Waals surface area contributed by atoms with Gasteiger partial charge in [0, 0.05) is 6.07 Å². The van der Waals surface area contributed by atoms with Crippen LogP contribution in [0.3, 0.4) is 0 Å². The Kier molecular flexibility index (Phi) is 6.03. The minimum Gasteiger partial charge on any atom is -0.449 e. The molecule has 0 spiro atoms. The molecule has 2 heterocycles. The van der Waals surface area contributed by atoms with Crippen LogP contribution in [-0.2, 0) is 5.92 Å². The summed E-state index contributed by atoms with van der Waals surface area (Å²) in [4.78, 5) is 18.3. The summed E-state index contributed by atoms with van der Waals surface area (Å²) >= 11 is 12.6. The number of aromatic nitrogens is 4. The molecule has 0 aliphatic rings. The summed E-state index contributed by atoms with van der Waals surface area (Å²) < 4.78 is 72.8. The van der Waals surface area contributed by atoms with E-state index in [-0.39, 0.29) is 21.5 Å². The van der Waals surface area contributed by atoms with Crippen molar-refractivity contribution in [2.75, 3.05) is 6.26 Å². The first-order chi connectivity index (χ1) is 14.0. The summed E-state index contributed by atoms with van der Waals surface area (Å²) in [5.41, 5.74) is -3.33. The number of nitrogens with zero attached hydrogens (tertiary/aromatic N) is 2. The van der Waals surface area contributed by atoms with Crippen LogP contribution < -0.4 is 10.3 Å². The summed E-state index contributed by atoms with van der Waals surface area (Å²) in [5, 5.41) is 6.08. The summed E-state index contributed by atoms with van der Waals surface area (Å²) in [7, 11) is 0. The number of halogens is 7. The van der Waals surface area contributed by atoms with Gasteiger partial charge in [0.1, 0.15) is 11.4 Å². The maximum atomic E-state index is 14.3. The number of rotatable bonds is 5. The van der Waals surface area contributed by atoms with Crippen LogP contribution in [0.2, 0.25) is 10.0 Å². The van der Waals surface area contributed by atoms with Gasteiger partial charge in [0.15, 0.2) is 11.5 Å². The lowest BCUT2D eigenvalue weighted by Gasteiger charge is -2.21. The second kappa shape index (κ2) is 8.08. The molecule has 2 aromatic heterocycles. The van der Waals surface area contributed by atoms with E-state index in [4.69, 9.17) is 27.9 Å². The van der Waals surface area contributed by atoms with Crippen molar-refractivity contribution in [3.8, 4) is 23.0 Å². The van der Waals surface area contributed by atoms with Gasteiger partial charge < -0.3 is 9.72 Å². The number of nitrogens with one attached hydrogen (secondary N) is 2. The summed E-state index contributed by atoms with van der Waals surface area (Å²) in [5.74, 6) is -7.71.